The van der Waals surface area contributed by atoms with Crippen molar-refractivity contribution in [1.29, 1.82) is 0 Å². The number of piperidine rings is 1. The highest BCUT2D eigenvalue weighted by Gasteiger charge is 2.34. The number of aromatic nitrogens is 2. The van der Waals surface area contributed by atoms with Gasteiger partial charge in [-0.3, -0.25) is 10.1 Å². The number of nitro groups is 1. The van der Waals surface area contributed by atoms with Gasteiger partial charge in [0, 0.05) is 30.8 Å². The average Bonchev–Trinajstić information content (AvgIpc) is 3.24. The molecule has 11 heteroatoms. The molecule has 2 aromatic carbocycles. The lowest BCUT2D eigenvalue weighted by atomic mass is 10.00. The zero-order chi connectivity index (χ0) is 22.2. The second kappa shape index (κ2) is 8.16. The van der Waals surface area contributed by atoms with Gasteiger partial charge in [0.1, 0.15) is 5.82 Å². The molecule has 0 bridgehead atoms. The van der Waals surface area contributed by atoms with Crippen LogP contribution < -0.4 is 0 Å². The molecule has 0 N–H and O–H groups in total. The van der Waals surface area contributed by atoms with Gasteiger partial charge in [0.25, 0.3) is 5.69 Å². The molecule has 4 rings (SSSR count). The van der Waals surface area contributed by atoms with Crippen LogP contribution in [-0.2, 0) is 10.0 Å². The van der Waals surface area contributed by atoms with Gasteiger partial charge in [0.15, 0.2) is 0 Å². The smallest absolute Gasteiger partial charge is 0.270 e. The molecule has 162 valence electrons. The van der Waals surface area contributed by atoms with Crippen molar-refractivity contribution in [2.24, 2.45) is 0 Å². The number of sulfonamides is 1. The van der Waals surface area contributed by atoms with Crippen molar-refractivity contribution < 1.29 is 22.1 Å². The van der Waals surface area contributed by atoms with E-state index in [4.69, 9.17) is 4.42 Å². The highest BCUT2D eigenvalue weighted by atomic mass is 32.2. The van der Waals surface area contributed by atoms with E-state index in [1.54, 1.807) is 6.92 Å². The van der Waals surface area contributed by atoms with E-state index in [-0.39, 0.29) is 34.8 Å². The van der Waals surface area contributed by atoms with Crippen LogP contribution in [0.25, 0.3) is 11.5 Å². The summed E-state index contributed by atoms with van der Waals surface area (Å²) in [6.07, 6.45) is 1.23. The summed E-state index contributed by atoms with van der Waals surface area (Å²) in [6.45, 7) is 2.01. The minimum atomic E-state index is -3.94. The third kappa shape index (κ3) is 4.19. The molecule has 1 aromatic heterocycles. The molecule has 0 spiro atoms. The Morgan fingerprint density at radius 3 is 2.65 bits per heavy atom. The first kappa shape index (κ1) is 21.1. The summed E-state index contributed by atoms with van der Waals surface area (Å²) in [4.78, 5) is 10.4. The Labute approximate surface area is 177 Å². The van der Waals surface area contributed by atoms with Crippen molar-refractivity contribution in [2.45, 2.75) is 30.6 Å². The summed E-state index contributed by atoms with van der Waals surface area (Å²) in [5.74, 6) is -0.170. The number of rotatable bonds is 5. The predicted octanol–water partition coefficient (Wildman–Crippen LogP) is 3.66. The van der Waals surface area contributed by atoms with Gasteiger partial charge in [0.05, 0.1) is 15.7 Å². The maximum Gasteiger partial charge on any atom is 0.270 e. The summed E-state index contributed by atoms with van der Waals surface area (Å²) in [6, 6.07) is 9.42. The van der Waals surface area contributed by atoms with E-state index in [9.17, 15) is 22.9 Å². The minimum absolute atomic E-state index is 0.0834. The van der Waals surface area contributed by atoms with Crippen LogP contribution in [0.3, 0.4) is 0 Å². The van der Waals surface area contributed by atoms with Gasteiger partial charge in [0.2, 0.25) is 21.8 Å². The molecule has 31 heavy (non-hydrogen) atoms. The van der Waals surface area contributed by atoms with Crippen molar-refractivity contribution in [2.75, 3.05) is 13.1 Å². The molecule has 3 aromatic rings. The van der Waals surface area contributed by atoms with Crippen molar-refractivity contribution >= 4 is 15.7 Å². The fourth-order valence-electron chi connectivity index (χ4n) is 3.59. The summed E-state index contributed by atoms with van der Waals surface area (Å²) in [5.41, 5.74) is 0.718. The van der Waals surface area contributed by atoms with Crippen LogP contribution >= 0.6 is 0 Å². The molecule has 2 heterocycles. The van der Waals surface area contributed by atoms with Crippen molar-refractivity contribution in [3.05, 3.63) is 69.9 Å². The zero-order valence-electron chi connectivity index (χ0n) is 16.6. The summed E-state index contributed by atoms with van der Waals surface area (Å²) >= 11 is 0. The molecule has 0 amide bonds. The first-order valence-electron chi connectivity index (χ1n) is 9.60. The number of benzene rings is 2. The Morgan fingerprint density at radius 2 is 1.94 bits per heavy atom. The molecule has 9 nitrogen and oxygen atoms in total. The van der Waals surface area contributed by atoms with Crippen LogP contribution in [0.2, 0.25) is 0 Å². The molecular weight excluding hydrogens is 427 g/mol. The number of aryl methyl sites for hydroxylation is 1. The van der Waals surface area contributed by atoms with Gasteiger partial charge in [-0.05, 0) is 49.6 Å². The van der Waals surface area contributed by atoms with E-state index in [0.717, 1.165) is 6.07 Å². The second-order valence-corrected chi connectivity index (χ2v) is 9.27. The lowest BCUT2D eigenvalue weighted by Crippen LogP contribution is -2.39. The predicted molar refractivity (Wildman–Crippen MR) is 108 cm³/mol. The monoisotopic (exact) mass is 446 g/mol. The number of non-ortho nitro benzene ring substituents is 1. The van der Waals surface area contributed by atoms with Crippen molar-refractivity contribution in [3.63, 3.8) is 0 Å². The van der Waals surface area contributed by atoms with Crippen LogP contribution in [-0.4, -0.2) is 40.9 Å². The third-order valence-corrected chi connectivity index (χ3v) is 7.27. The topological polar surface area (TPSA) is 119 Å². The summed E-state index contributed by atoms with van der Waals surface area (Å²) in [7, 11) is -3.94. The number of hydrogen-bond donors (Lipinski definition) is 0. The second-order valence-electron chi connectivity index (χ2n) is 7.36. The van der Waals surface area contributed by atoms with Crippen LogP contribution in [0.1, 0.15) is 30.2 Å². The van der Waals surface area contributed by atoms with Gasteiger partial charge in [-0.1, -0.05) is 6.07 Å². The van der Waals surface area contributed by atoms with Crippen molar-refractivity contribution in [1.82, 2.24) is 14.5 Å². The zero-order valence-corrected chi connectivity index (χ0v) is 17.4. The maximum atomic E-state index is 13.2. The van der Waals surface area contributed by atoms with E-state index in [1.807, 2.05) is 0 Å². The van der Waals surface area contributed by atoms with Gasteiger partial charge in [-0.15, -0.1) is 10.2 Å². The third-order valence-electron chi connectivity index (χ3n) is 5.27. The highest BCUT2D eigenvalue weighted by molar-refractivity contribution is 7.89. The normalized spacial score (nSPS) is 17.5. The van der Waals surface area contributed by atoms with Crippen LogP contribution in [0.15, 0.2) is 51.8 Å². The highest BCUT2D eigenvalue weighted by Crippen LogP contribution is 2.33. The molecule has 0 aliphatic carbocycles. The van der Waals surface area contributed by atoms with Crippen LogP contribution in [0.5, 0.6) is 0 Å². The Hall–Kier alpha value is -3.18. The Morgan fingerprint density at radius 1 is 1.19 bits per heavy atom. The molecule has 1 aliphatic heterocycles. The summed E-state index contributed by atoms with van der Waals surface area (Å²) in [5, 5.41) is 19.2. The number of nitrogens with zero attached hydrogens (tertiary/aromatic N) is 4. The Bertz CT molecular complexity index is 1230. The number of nitro benzene ring substituents is 1. The average molecular weight is 446 g/mol. The Kier molecular flexibility index (Phi) is 5.54. The van der Waals surface area contributed by atoms with E-state index >= 15 is 0 Å². The first-order chi connectivity index (χ1) is 14.8. The molecular formula is C20H19FN4O5S. The van der Waals surface area contributed by atoms with E-state index in [2.05, 4.69) is 10.2 Å². The Balaban J connectivity index is 1.58. The molecule has 1 atom stereocenters. The first-order valence-corrected chi connectivity index (χ1v) is 11.0. The largest absolute Gasteiger partial charge is 0.420 e. The van der Waals surface area contributed by atoms with E-state index in [1.165, 1.54) is 40.7 Å². The molecule has 1 aliphatic rings. The lowest BCUT2D eigenvalue weighted by Gasteiger charge is -2.30. The van der Waals surface area contributed by atoms with Crippen LogP contribution in [0, 0.1) is 22.9 Å². The number of halogens is 1. The SMILES string of the molecule is Cc1ccc([N+](=O)[O-])cc1S(=O)(=O)N1CCCC(c2nnc(-c3ccc(F)cc3)o2)C1. The van der Waals surface area contributed by atoms with Crippen LogP contribution in [0.4, 0.5) is 10.1 Å². The number of hydrogen-bond acceptors (Lipinski definition) is 7. The van der Waals surface area contributed by atoms with Gasteiger partial charge in [-0.2, -0.15) is 4.31 Å². The summed E-state index contributed by atoms with van der Waals surface area (Å²) < 4.78 is 46.6. The maximum absolute atomic E-state index is 13.2. The van der Waals surface area contributed by atoms with E-state index < -0.39 is 14.9 Å². The quantitative estimate of drug-likeness (QED) is 0.433. The van der Waals surface area contributed by atoms with E-state index in [0.29, 0.717) is 36.4 Å². The molecule has 1 saturated heterocycles. The molecule has 1 unspecified atom stereocenters. The lowest BCUT2D eigenvalue weighted by molar-refractivity contribution is -0.385. The standard InChI is InChI=1S/C20H19FN4O5S/c1-13-4-9-17(25(26)27)11-18(13)31(28,29)24-10-2-3-15(12-24)20-23-22-19(30-20)14-5-7-16(21)8-6-14/h4-9,11,15H,2-3,10,12H2,1H3. The minimum Gasteiger partial charge on any atom is -0.420 e. The molecule has 1 fully saturated rings. The van der Waals surface area contributed by atoms with Gasteiger partial charge >= 0.3 is 0 Å². The van der Waals surface area contributed by atoms with Gasteiger partial charge < -0.3 is 4.42 Å². The molecule has 0 radical (unpaired) electrons. The molecule has 0 saturated carbocycles. The van der Waals surface area contributed by atoms with Crippen molar-refractivity contribution in [3.8, 4) is 11.5 Å². The fraction of sp³-hybridized carbons (Fsp3) is 0.300. The fourth-order valence-corrected chi connectivity index (χ4v) is 5.36. The van der Waals surface area contributed by atoms with Gasteiger partial charge in [-0.25, -0.2) is 12.8 Å².